The second-order valence-corrected chi connectivity index (χ2v) is 11.2. The Morgan fingerprint density at radius 3 is 1.34 bits per heavy atom. The van der Waals surface area contributed by atoms with Crippen molar-refractivity contribution in [1.82, 2.24) is 9.80 Å². The maximum atomic E-state index is 12.9. The molecule has 0 bridgehead atoms. The molecule has 0 aliphatic carbocycles. The van der Waals surface area contributed by atoms with Crippen molar-refractivity contribution in [3.05, 3.63) is 95.1 Å². The molecule has 0 saturated carbocycles. The van der Waals surface area contributed by atoms with Gasteiger partial charge in [0.15, 0.2) is 10.7 Å². The molecule has 194 valence electrons. The highest BCUT2D eigenvalue weighted by Gasteiger charge is 2.41. The number of aryl methyl sites for hydroxylation is 2. The summed E-state index contributed by atoms with van der Waals surface area (Å²) in [6.07, 6.45) is 0. The van der Waals surface area contributed by atoms with E-state index in [1.807, 2.05) is 86.6 Å². The Morgan fingerprint density at radius 1 is 0.605 bits per heavy atom. The number of hydrogen-bond donors (Lipinski definition) is 2. The van der Waals surface area contributed by atoms with E-state index < -0.39 is 10.7 Å². The van der Waals surface area contributed by atoms with Crippen LogP contribution in [0.4, 0.5) is 21.0 Å². The molecular formula is C28H26N4O4S2. The van der Waals surface area contributed by atoms with Crippen molar-refractivity contribution in [3.63, 3.8) is 0 Å². The molecule has 4 amide bonds. The predicted molar refractivity (Wildman–Crippen MR) is 151 cm³/mol. The third kappa shape index (κ3) is 5.41. The summed E-state index contributed by atoms with van der Waals surface area (Å²) in [7, 11) is 0. The average molecular weight is 547 g/mol. The molecule has 3 aromatic carbocycles. The van der Waals surface area contributed by atoms with Crippen molar-refractivity contribution in [2.24, 2.45) is 0 Å². The van der Waals surface area contributed by atoms with Gasteiger partial charge in [0, 0.05) is 11.4 Å². The number of imide groups is 2. The lowest BCUT2D eigenvalue weighted by molar-refractivity contribution is -0.127. The van der Waals surface area contributed by atoms with E-state index in [0.717, 1.165) is 57.2 Å². The Hall–Kier alpha value is -3.76. The highest BCUT2D eigenvalue weighted by atomic mass is 32.2. The first-order valence-corrected chi connectivity index (χ1v) is 13.8. The van der Waals surface area contributed by atoms with Gasteiger partial charge in [-0.3, -0.25) is 29.0 Å². The van der Waals surface area contributed by atoms with E-state index in [1.165, 1.54) is 9.80 Å². The Labute approximate surface area is 229 Å². The lowest BCUT2D eigenvalue weighted by Gasteiger charge is -2.17. The van der Waals surface area contributed by atoms with Crippen LogP contribution in [0.5, 0.6) is 0 Å². The van der Waals surface area contributed by atoms with Gasteiger partial charge in [0.05, 0.1) is 13.1 Å². The van der Waals surface area contributed by atoms with Crippen LogP contribution in [-0.2, 0) is 22.7 Å². The zero-order valence-corrected chi connectivity index (χ0v) is 22.5. The maximum absolute atomic E-state index is 12.9. The molecule has 2 atom stereocenters. The van der Waals surface area contributed by atoms with Gasteiger partial charge in [-0.05, 0) is 71.8 Å². The van der Waals surface area contributed by atoms with Crippen molar-refractivity contribution < 1.29 is 19.2 Å². The van der Waals surface area contributed by atoms with Gasteiger partial charge in [0.1, 0.15) is 0 Å². The molecule has 2 aliphatic heterocycles. The largest absolute Gasteiger partial charge is 0.365 e. The van der Waals surface area contributed by atoms with Gasteiger partial charge < -0.3 is 10.6 Å². The molecule has 5 rings (SSSR count). The molecule has 0 aromatic heterocycles. The van der Waals surface area contributed by atoms with Gasteiger partial charge in [0.2, 0.25) is 0 Å². The van der Waals surface area contributed by atoms with E-state index in [1.54, 1.807) is 0 Å². The Bertz CT molecular complexity index is 1310. The van der Waals surface area contributed by atoms with E-state index in [4.69, 9.17) is 0 Å². The summed E-state index contributed by atoms with van der Waals surface area (Å²) in [6.45, 7) is 4.18. The van der Waals surface area contributed by atoms with Gasteiger partial charge in [-0.15, -0.1) is 0 Å². The molecule has 2 aliphatic rings. The number of carbonyl (C=O) groups is 4. The van der Waals surface area contributed by atoms with E-state index in [0.29, 0.717) is 0 Å². The first kappa shape index (κ1) is 25.9. The Balaban J connectivity index is 1.19. The highest BCUT2D eigenvalue weighted by molar-refractivity contribution is 8.15. The molecule has 0 unspecified atom stereocenters. The van der Waals surface area contributed by atoms with Crippen LogP contribution >= 0.6 is 23.5 Å². The SMILES string of the molecule is Cc1ccccc1N[C@@H]1SC(=O)N(Cc2ccc(CN3C(=O)S[C@@H](Nc4ccccc4C)C3=O)cc2)C1=O. The van der Waals surface area contributed by atoms with Gasteiger partial charge in [-0.25, -0.2) is 0 Å². The van der Waals surface area contributed by atoms with Gasteiger partial charge >= 0.3 is 0 Å². The van der Waals surface area contributed by atoms with Gasteiger partial charge in [-0.2, -0.15) is 0 Å². The quantitative estimate of drug-likeness (QED) is 0.378. The van der Waals surface area contributed by atoms with Crippen molar-refractivity contribution in [2.45, 2.75) is 37.7 Å². The number of nitrogens with one attached hydrogen (secondary N) is 2. The molecule has 38 heavy (non-hydrogen) atoms. The number of rotatable bonds is 8. The zero-order chi connectivity index (χ0) is 26.8. The Kier molecular flexibility index (Phi) is 7.44. The fourth-order valence-electron chi connectivity index (χ4n) is 4.23. The smallest absolute Gasteiger partial charge is 0.291 e. The van der Waals surface area contributed by atoms with E-state index in [-0.39, 0.29) is 35.4 Å². The number of nitrogens with zero attached hydrogens (tertiary/aromatic N) is 2. The van der Waals surface area contributed by atoms with Crippen LogP contribution in [0.3, 0.4) is 0 Å². The monoisotopic (exact) mass is 546 g/mol. The van der Waals surface area contributed by atoms with Crippen LogP contribution in [0.2, 0.25) is 0 Å². The van der Waals surface area contributed by atoms with Gasteiger partial charge in [-0.1, -0.05) is 60.7 Å². The minimum absolute atomic E-state index is 0.150. The fraction of sp³-hybridized carbons (Fsp3) is 0.214. The number of para-hydroxylation sites is 2. The predicted octanol–water partition coefficient (Wildman–Crippen LogP) is 5.57. The second-order valence-electron chi connectivity index (χ2n) is 9.11. The molecule has 2 saturated heterocycles. The summed E-state index contributed by atoms with van der Waals surface area (Å²) >= 11 is 1.93. The highest BCUT2D eigenvalue weighted by Crippen LogP contribution is 2.32. The first-order valence-electron chi connectivity index (χ1n) is 12.1. The van der Waals surface area contributed by atoms with Crippen LogP contribution < -0.4 is 10.6 Å². The van der Waals surface area contributed by atoms with Crippen molar-refractivity contribution in [2.75, 3.05) is 10.6 Å². The lowest BCUT2D eigenvalue weighted by Crippen LogP contribution is -2.34. The molecule has 8 nitrogen and oxygen atoms in total. The fourth-order valence-corrected chi connectivity index (χ4v) is 6.02. The van der Waals surface area contributed by atoms with Crippen molar-refractivity contribution in [3.8, 4) is 0 Å². The zero-order valence-electron chi connectivity index (χ0n) is 20.8. The molecule has 2 heterocycles. The second kappa shape index (κ2) is 10.9. The summed E-state index contributed by atoms with van der Waals surface area (Å²) < 4.78 is 0. The summed E-state index contributed by atoms with van der Waals surface area (Å²) in [6, 6.07) is 22.5. The standard InChI is InChI=1S/C28H26N4O4S2/c1-17-7-3-5-9-21(17)29-23-25(33)31(27(35)37-23)15-19-11-13-20(14-12-19)16-32-26(34)24(38-28(32)36)30-22-10-6-4-8-18(22)2/h3-14,23-24,29-30H,15-16H2,1-2H3/t23-,24-/m1/s1. The number of hydrogen-bond acceptors (Lipinski definition) is 8. The summed E-state index contributed by atoms with van der Waals surface area (Å²) in [4.78, 5) is 53.4. The molecular weight excluding hydrogens is 520 g/mol. The topological polar surface area (TPSA) is 98.8 Å². The minimum Gasteiger partial charge on any atom is -0.365 e. The van der Waals surface area contributed by atoms with Gasteiger partial charge in [0.25, 0.3) is 22.3 Å². The lowest BCUT2D eigenvalue weighted by atomic mass is 10.1. The molecule has 3 aromatic rings. The van der Waals surface area contributed by atoms with Crippen LogP contribution in [-0.4, -0.2) is 42.8 Å². The van der Waals surface area contributed by atoms with Crippen molar-refractivity contribution in [1.29, 1.82) is 0 Å². The number of amides is 4. The minimum atomic E-state index is -0.672. The van der Waals surface area contributed by atoms with Crippen LogP contribution in [0, 0.1) is 13.8 Å². The van der Waals surface area contributed by atoms with Crippen LogP contribution in [0.1, 0.15) is 22.3 Å². The van der Waals surface area contributed by atoms with E-state index in [2.05, 4.69) is 10.6 Å². The Morgan fingerprint density at radius 2 is 0.974 bits per heavy atom. The van der Waals surface area contributed by atoms with E-state index in [9.17, 15) is 19.2 Å². The average Bonchev–Trinajstić information content (AvgIpc) is 3.32. The number of benzene rings is 3. The number of carbonyl (C=O) groups excluding carboxylic acids is 4. The van der Waals surface area contributed by atoms with Crippen LogP contribution in [0.15, 0.2) is 72.8 Å². The molecule has 0 radical (unpaired) electrons. The molecule has 2 fully saturated rings. The number of thioether (sulfide) groups is 2. The first-order chi connectivity index (χ1) is 18.3. The van der Waals surface area contributed by atoms with Crippen LogP contribution in [0.25, 0.3) is 0 Å². The molecule has 0 spiro atoms. The summed E-state index contributed by atoms with van der Waals surface area (Å²) in [5, 5.41) is 4.37. The summed E-state index contributed by atoms with van der Waals surface area (Å²) in [5.41, 5.74) is 5.18. The number of anilines is 2. The third-order valence-corrected chi connectivity index (χ3v) is 8.38. The van der Waals surface area contributed by atoms with E-state index >= 15 is 0 Å². The molecule has 10 heteroatoms. The summed E-state index contributed by atoms with van der Waals surface area (Å²) in [5.74, 6) is -0.574. The normalized spacial score (nSPS) is 19.4. The maximum Gasteiger partial charge on any atom is 0.291 e. The molecule has 2 N–H and O–H groups in total. The van der Waals surface area contributed by atoms with Crippen molar-refractivity contribution >= 4 is 57.2 Å². The third-order valence-electron chi connectivity index (χ3n) is 6.43.